The van der Waals surface area contributed by atoms with Gasteiger partial charge < -0.3 is 10.1 Å². The van der Waals surface area contributed by atoms with Gasteiger partial charge in [-0.2, -0.15) is 0 Å². The van der Waals surface area contributed by atoms with Gasteiger partial charge in [0.1, 0.15) is 11.6 Å². The first-order valence-electron chi connectivity index (χ1n) is 6.99. The van der Waals surface area contributed by atoms with Crippen molar-refractivity contribution in [3.05, 3.63) is 15.1 Å². The third-order valence-corrected chi connectivity index (χ3v) is 4.71. The maximum Gasteiger partial charge on any atom is 0.143 e. The SMILES string of the molecule is CNc1nc(CCCOC)nc(C2CCCC2)c1I. The van der Waals surface area contributed by atoms with E-state index in [0.29, 0.717) is 5.92 Å². The molecule has 1 heterocycles. The van der Waals surface area contributed by atoms with Gasteiger partial charge in [0.15, 0.2) is 0 Å². The third-order valence-electron chi connectivity index (χ3n) is 3.65. The van der Waals surface area contributed by atoms with Crippen molar-refractivity contribution in [1.29, 1.82) is 0 Å². The highest BCUT2D eigenvalue weighted by Crippen LogP contribution is 2.36. The van der Waals surface area contributed by atoms with E-state index in [1.54, 1.807) is 7.11 Å². The van der Waals surface area contributed by atoms with Gasteiger partial charge >= 0.3 is 0 Å². The highest BCUT2D eigenvalue weighted by Gasteiger charge is 2.23. The molecule has 1 fully saturated rings. The summed E-state index contributed by atoms with van der Waals surface area (Å²) in [5.41, 5.74) is 1.25. The monoisotopic (exact) mass is 375 g/mol. The summed E-state index contributed by atoms with van der Waals surface area (Å²) in [5.74, 6) is 2.55. The minimum atomic E-state index is 0.628. The molecule has 1 aromatic rings. The summed E-state index contributed by atoms with van der Waals surface area (Å²) < 4.78 is 6.30. The van der Waals surface area contributed by atoms with Gasteiger partial charge in [-0.1, -0.05) is 12.8 Å². The second kappa shape index (κ2) is 7.38. The number of hydrogen-bond acceptors (Lipinski definition) is 4. The second-order valence-electron chi connectivity index (χ2n) is 5.02. The Balaban J connectivity index is 2.21. The predicted molar refractivity (Wildman–Crippen MR) is 85.7 cm³/mol. The van der Waals surface area contributed by atoms with Crippen LogP contribution in [0.3, 0.4) is 0 Å². The number of anilines is 1. The Morgan fingerprint density at radius 2 is 2.05 bits per heavy atom. The molecule has 19 heavy (non-hydrogen) atoms. The first-order chi connectivity index (χ1) is 9.26. The zero-order valence-corrected chi connectivity index (χ0v) is 13.9. The fourth-order valence-electron chi connectivity index (χ4n) is 2.63. The van der Waals surface area contributed by atoms with Crippen LogP contribution < -0.4 is 5.32 Å². The third kappa shape index (κ3) is 3.78. The van der Waals surface area contributed by atoms with Gasteiger partial charge in [0.05, 0.1) is 9.26 Å². The van der Waals surface area contributed by atoms with E-state index in [0.717, 1.165) is 31.1 Å². The lowest BCUT2D eigenvalue weighted by molar-refractivity contribution is 0.194. The van der Waals surface area contributed by atoms with Gasteiger partial charge in [0, 0.05) is 33.1 Å². The van der Waals surface area contributed by atoms with E-state index in [-0.39, 0.29) is 0 Å². The van der Waals surface area contributed by atoms with Crippen LogP contribution in [-0.2, 0) is 11.2 Å². The zero-order chi connectivity index (χ0) is 13.7. The molecule has 1 aliphatic carbocycles. The van der Waals surface area contributed by atoms with Crippen LogP contribution in [-0.4, -0.2) is 30.7 Å². The van der Waals surface area contributed by atoms with Gasteiger partial charge in [-0.3, -0.25) is 0 Å². The molecular weight excluding hydrogens is 353 g/mol. The molecule has 106 valence electrons. The van der Waals surface area contributed by atoms with E-state index in [1.165, 1.54) is 34.9 Å². The average Bonchev–Trinajstić information content (AvgIpc) is 2.94. The van der Waals surface area contributed by atoms with Crippen LogP contribution in [0.4, 0.5) is 5.82 Å². The molecule has 1 aromatic heterocycles. The van der Waals surface area contributed by atoms with E-state index >= 15 is 0 Å². The molecule has 0 spiro atoms. The van der Waals surface area contributed by atoms with Crippen LogP contribution in [0.5, 0.6) is 0 Å². The normalized spacial score (nSPS) is 15.9. The Morgan fingerprint density at radius 1 is 1.32 bits per heavy atom. The number of aryl methyl sites for hydroxylation is 1. The van der Waals surface area contributed by atoms with E-state index in [2.05, 4.69) is 32.9 Å². The molecule has 5 heteroatoms. The topological polar surface area (TPSA) is 47.0 Å². The molecule has 1 saturated carbocycles. The van der Waals surface area contributed by atoms with Crippen molar-refractivity contribution in [3.8, 4) is 0 Å². The van der Waals surface area contributed by atoms with Crippen LogP contribution >= 0.6 is 22.6 Å². The molecule has 0 aliphatic heterocycles. The largest absolute Gasteiger partial charge is 0.385 e. The predicted octanol–water partition coefficient (Wildman–Crippen LogP) is 3.36. The average molecular weight is 375 g/mol. The zero-order valence-electron chi connectivity index (χ0n) is 11.7. The Hall–Kier alpha value is -0.430. The van der Waals surface area contributed by atoms with Gasteiger partial charge in [-0.05, 0) is 41.9 Å². The number of halogens is 1. The fraction of sp³-hybridized carbons (Fsp3) is 0.714. The van der Waals surface area contributed by atoms with Crippen molar-refractivity contribution in [2.75, 3.05) is 26.1 Å². The first-order valence-corrected chi connectivity index (χ1v) is 8.07. The molecule has 0 amide bonds. The lowest BCUT2D eigenvalue weighted by Gasteiger charge is -2.15. The van der Waals surface area contributed by atoms with E-state index in [4.69, 9.17) is 9.72 Å². The summed E-state index contributed by atoms with van der Waals surface area (Å²) in [4.78, 5) is 9.43. The van der Waals surface area contributed by atoms with Crippen LogP contribution in [0.2, 0.25) is 0 Å². The number of nitrogens with zero attached hydrogens (tertiary/aromatic N) is 2. The van der Waals surface area contributed by atoms with Crippen LogP contribution in [0.15, 0.2) is 0 Å². The lowest BCUT2D eigenvalue weighted by Crippen LogP contribution is -2.10. The van der Waals surface area contributed by atoms with Crippen molar-refractivity contribution in [2.45, 2.75) is 44.4 Å². The smallest absolute Gasteiger partial charge is 0.143 e. The van der Waals surface area contributed by atoms with Crippen molar-refractivity contribution in [1.82, 2.24) is 9.97 Å². The number of ether oxygens (including phenoxy) is 1. The summed E-state index contributed by atoms with van der Waals surface area (Å²) >= 11 is 2.38. The van der Waals surface area contributed by atoms with E-state index in [9.17, 15) is 0 Å². The van der Waals surface area contributed by atoms with Gasteiger partial charge in [-0.15, -0.1) is 0 Å². The highest BCUT2D eigenvalue weighted by molar-refractivity contribution is 14.1. The standard InChI is InChI=1S/C14H22IN3O/c1-16-14-12(15)13(10-6-3-4-7-10)17-11(18-14)8-5-9-19-2/h10H,3-9H2,1-2H3,(H,16,17,18). The van der Waals surface area contributed by atoms with Crippen LogP contribution in [0, 0.1) is 3.57 Å². The molecule has 0 bridgehead atoms. The Labute approximate surface area is 128 Å². The second-order valence-corrected chi connectivity index (χ2v) is 6.09. The number of hydrogen-bond donors (Lipinski definition) is 1. The fourth-order valence-corrected chi connectivity index (χ4v) is 3.59. The van der Waals surface area contributed by atoms with Gasteiger partial charge in [0.25, 0.3) is 0 Å². The Bertz CT molecular complexity index is 419. The number of rotatable bonds is 6. The molecule has 2 rings (SSSR count). The van der Waals surface area contributed by atoms with Crippen molar-refractivity contribution < 1.29 is 4.74 Å². The van der Waals surface area contributed by atoms with Crippen LogP contribution in [0.1, 0.15) is 49.5 Å². The molecule has 0 saturated heterocycles. The first kappa shape index (κ1) is 15.0. The van der Waals surface area contributed by atoms with E-state index in [1.807, 2.05) is 7.05 Å². The van der Waals surface area contributed by atoms with E-state index < -0.39 is 0 Å². The number of nitrogens with one attached hydrogen (secondary N) is 1. The van der Waals surface area contributed by atoms with Crippen molar-refractivity contribution >= 4 is 28.4 Å². The molecule has 0 aromatic carbocycles. The minimum absolute atomic E-state index is 0.628. The maximum absolute atomic E-state index is 5.10. The lowest BCUT2D eigenvalue weighted by atomic mass is 10.0. The van der Waals surface area contributed by atoms with Gasteiger partial charge in [0.2, 0.25) is 0 Å². The Kier molecular flexibility index (Phi) is 5.81. The van der Waals surface area contributed by atoms with Crippen molar-refractivity contribution in [3.63, 3.8) is 0 Å². The molecule has 1 N–H and O–H groups in total. The molecule has 1 aliphatic rings. The molecule has 4 nitrogen and oxygen atoms in total. The molecule has 0 atom stereocenters. The molecule has 0 unspecified atom stereocenters. The highest BCUT2D eigenvalue weighted by atomic mass is 127. The number of aromatic nitrogens is 2. The summed E-state index contributed by atoms with van der Waals surface area (Å²) in [6.45, 7) is 0.767. The summed E-state index contributed by atoms with van der Waals surface area (Å²) in [5, 5.41) is 3.20. The summed E-state index contributed by atoms with van der Waals surface area (Å²) in [7, 11) is 3.67. The quantitative estimate of drug-likeness (QED) is 0.612. The maximum atomic E-state index is 5.10. The molecule has 0 radical (unpaired) electrons. The number of methoxy groups -OCH3 is 1. The van der Waals surface area contributed by atoms with Crippen molar-refractivity contribution in [2.24, 2.45) is 0 Å². The Morgan fingerprint density at radius 3 is 2.68 bits per heavy atom. The minimum Gasteiger partial charge on any atom is -0.385 e. The molecular formula is C14H22IN3O. The van der Waals surface area contributed by atoms with Crippen LogP contribution in [0.25, 0.3) is 0 Å². The van der Waals surface area contributed by atoms with Gasteiger partial charge in [-0.25, -0.2) is 9.97 Å². The summed E-state index contributed by atoms with van der Waals surface area (Å²) in [6, 6.07) is 0. The summed E-state index contributed by atoms with van der Waals surface area (Å²) in [6.07, 6.45) is 7.07.